The van der Waals surface area contributed by atoms with Crippen LogP contribution in [0.15, 0.2) is 23.9 Å². The maximum absolute atomic E-state index is 12.5. The third-order valence-corrected chi connectivity index (χ3v) is 4.65. The predicted octanol–water partition coefficient (Wildman–Crippen LogP) is 2.82. The number of unbranched alkanes of at least 4 members (excludes halogenated alkanes) is 5. The first-order valence-corrected chi connectivity index (χ1v) is 9.98. The summed E-state index contributed by atoms with van der Waals surface area (Å²) in [6, 6.07) is -0.863. The summed E-state index contributed by atoms with van der Waals surface area (Å²) in [4.78, 5) is 36.3. The first-order valence-electron chi connectivity index (χ1n) is 9.98. The van der Waals surface area contributed by atoms with Gasteiger partial charge in [0.05, 0.1) is 12.0 Å². The van der Waals surface area contributed by atoms with Crippen molar-refractivity contribution in [3.05, 3.63) is 23.9 Å². The fraction of sp³-hybridized carbons (Fsp3) is 0.667. The molecule has 6 nitrogen and oxygen atoms in total. The van der Waals surface area contributed by atoms with Gasteiger partial charge in [-0.3, -0.25) is 14.4 Å². The zero-order valence-corrected chi connectivity index (χ0v) is 16.7. The molecule has 2 unspecified atom stereocenters. The van der Waals surface area contributed by atoms with Gasteiger partial charge in [-0.15, -0.1) is 0 Å². The molecule has 1 rings (SSSR count). The van der Waals surface area contributed by atoms with Crippen molar-refractivity contribution in [3.63, 3.8) is 0 Å². The molecule has 0 aromatic rings. The Kier molecular flexibility index (Phi) is 11.3. The van der Waals surface area contributed by atoms with Crippen molar-refractivity contribution in [3.8, 4) is 0 Å². The zero-order chi connectivity index (χ0) is 20.1. The van der Waals surface area contributed by atoms with Crippen molar-refractivity contribution in [1.29, 1.82) is 0 Å². The highest BCUT2D eigenvalue weighted by Crippen LogP contribution is 2.20. The lowest BCUT2D eigenvalue weighted by Gasteiger charge is -2.21. The van der Waals surface area contributed by atoms with Crippen LogP contribution in [-0.4, -0.2) is 36.7 Å². The summed E-state index contributed by atoms with van der Waals surface area (Å²) in [5.74, 6) is -1.19. The van der Waals surface area contributed by atoms with Gasteiger partial charge in [0, 0.05) is 25.6 Å². The van der Waals surface area contributed by atoms with E-state index < -0.39 is 12.0 Å². The summed E-state index contributed by atoms with van der Waals surface area (Å²) in [7, 11) is 0. The molecule has 0 aromatic heterocycles. The molecule has 27 heavy (non-hydrogen) atoms. The Labute approximate surface area is 162 Å². The van der Waals surface area contributed by atoms with Crippen LogP contribution in [0.4, 0.5) is 0 Å². The molecular formula is C21H34N2O4. The van der Waals surface area contributed by atoms with Crippen LogP contribution in [0.25, 0.3) is 0 Å². The number of amides is 1. The SMILES string of the molecule is CCCCCCCCOCC(=O)C(CC(=O)C1CC=CC=C1N)NC(C)=O. The number of ketones is 2. The summed E-state index contributed by atoms with van der Waals surface area (Å²) >= 11 is 0. The van der Waals surface area contributed by atoms with Crippen LogP contribution >= 0.6 is 0 Å². The number of nitrogens with one attached hydrogen (secondary N) is 1. The van der Waals surface area contributed by atoms with Crippen molar-refractivity contribution in [2.45, 2.75) is 71.3 Å². The second kappa shape index (κ2) is 13.3. The highest BCUT2D eigenvalue weighted by molar-refractivity contribution is 5.95. The van der Waals surface area contributed by atoms with Gasteiger partial charge in [-0.25, -0.2) is 0 Å². The molecule has 0 bridgehead atoms. The minimum atomic E-state index is -0.863. The maximum Gasteiger partial charge on any atom is 0.217 e. The molecule has 0 saturated carbocycles. The lowest BCUT2D eigenvalue weighted by atomic mass is 9.89. The highest BCUT2D eigenvalue weighted by atomic mass is 16.5. The molecule has 0 spiro atoms. The Hall–Kier alpha value is -1.95. The van der Waals surface area contributed by atoms with Crippen molar-refractivity contribution in [2.75, 3.05) is 13.2 Å². The molecule has 6 heteroatoms. The van der Waals surface area contributed by atoms with Crippen LogP contribution < -0.4 is 11.1 Å². The van der Waals surface area contributed by atoms with Gasteiger partial charge in [-0.2, -0.15) is 0 Å². The molecule has 1 aliphatic carbocycles. The predicted molar refractivity (Wildman–Crippen MR) is 106 cm³/mol. The first kappa shape index (κ1) is 23.1. The van der Waals surface area contributed by atoms with Gasteiger partial charge in [-0.05, 0) is 18.9 Å². The van der Waals surface area contributed by atoms with Crippen LogP contribution in [0.3, 0.4) is 0 Å². The van der Waals surface area contributed by atoms with E-state index in [0.717, 1.165) is 12.8 Å². The normalized spacial score (nSPS) is 17.3. The second-order valence-electron chi connectivity index (χ2n) is 7.09. The van der Waals surface area contributed by atoms with E-state index >= 15 is 0 Å². The van der Waals surface area contributed by atoms with Crippen molar-refractivity contribution in [1.82, 2.24) is 5.32 Å². The van der Waals surface area contributed by atoms with Crippen LogP contribution in [0.1, 0.15) is 65.2 Å². The van der Waals surface area contributed by atoms with Gasteiger partial charge in [-0.1, -0.05) is 51.2 Å². The van der Waals surface area contributed by atoms with Crippen molar-refractivity contribution < 1.29 is 19.1 Å². The van der Waals surface area contributed by atoms with E-state index in [1.54, 1.807) is 6.08 Å². The van der Waals surface area contributed by atoms with Crippen LogP contribution in [-0.2, 0) is 19.1 Å². The summed E-state index contributed by atoms with van der Waals surface area (Å²) in [5, 5.41) is 2.57. The van der Waals surface area contributed by atoms with Crippen molar-refractivity contribution in [2.24, 2.45) is 11.7 Å². The molecule has 0 aromatic carbocycles. The Bertz CT molecular complexity index is 554. The van der Waals surface area contributed by atoms with Gasteiger partial charge in [0.1, 0.15) is 12.4 Å². The largest absolute Gasteiger partial charge is 0.401 e. The lowest BCUT2D eigenvalue weighted by molar-refractivity contribution is -0.132. The van der Waals surface area contributed by atoms with Crippen LogP contribution in [0.5, 0.6) is 0 Å². The van der Waals surface area contributed by atoms with Gasteiger partial charge in [0.2, 0.25) is 5.91 Å². The number of rotatable bonds is 14. The van der Waals surface area contributed by atoms with Gasteiger partial charge < -0.3 is 15.8 Å². The summed E-state index contributed by atoms with van der Waals surface area (Å²) < 4.78 is 5.45. The zero-order valence-electron chi connectivity index (χ0n) is 16.7. The fourth-order valence-electron chi connectivity index (χ4n) is 3.06. The van der Waals surface area contributed by atoms with E-state index in [0.29, 0.717) is 18.7 Å². The monoisotopic (exact) mass is 378 g/mol. The molecule has 0 heterocycles. The number of nitrogens with two attached hydrogens (primary N) is 1. The minimum Gasteiger partial charge on any atom is -0.401 e. The van der Waals surface area contributed by atoms with E-state index in [1.807, 2.05) is 12.2 Å². The second-order valence-corrected chi connectivity index (χ2v) is 7.09. The lowest BCUT2D eigenvalue weighted by Crippen LogP contribution is -2.44. The smallest absolute Gasteiger partial charge is 0.217 e. The number of ether oxygens (including phenoxy) is 1. The first-order chi connectivity index (χ1) is 13.0. The van der Waals surface area contributed by atoms with E-state index in [1.165, 1.54) is 32.6 Å². The van der Waals surface area contributed by atoms with Gasteiger partial charge in [0.15, 0.2) is 5.78 Å². The fourth-order valence-corrected chi connectivity index (χ4v) is 3.06. The number of carbonyl (C=O) groups excluding carboxylic acids is 3. The standard InChI is InChI=1S/C21H34N2O4/c1-3-4-5-6-7-10-13-27-15-21(26)19(23-16(2)24)14-20(25)17-11-8-9-12-18(17)22/h8-9,12,17,19H,3-7,10-11,13-15,22H2,1-2H3,(H,23,24). The molecule has 3 N–H and O–H groups in total. The van der Waals surface area contributed by atoms with E-state index in [2.05, 4.69) is 12.2 Å². The van der Waals surface area contributed by atoms with Crippen LogP contribution in [0.2, 0.25) is 0 Å². The molecule has 0 fully saturated rings. The maximum atomic E-state index is 12.5. The summed E-state index contributed by atoms with van der Waals surface area (Å²) in [6.45, 7) is 3.94. The molecule has 1 amide bonds. The van der Waals surface area contributed by atoms with E-state index in [4.69, 9.17) is 10.5 Å². The Balaban J connectivity index is 2.40. The highest BCUT2D eigenvalue weighted by Gasteiger charge is 2.28. The van der Waals surface area contributed by atoms with Crippen LogP contribution in [0, 0.1) is 5.92 Å². The Morgan fingerprint density at radius 2 is 1.93 bits per heavy atom. The van der Waals surface area contributed by atoms with Gasteiger partial charge in [0.25, 0.3) is 0 Å². The molecule has 152 valence electrons. The molecule has 0 aliphatic heterocycles. The average molecular weight is 379 g/mol. The average Bonchev–Trinajstić information content (AvgIpc) is 2.63. The molecule has 0 radical (unpaired) electrons. The molecule has 1 aliphatic rings. The Morgan fingerprint density at radius 3 is 2.59 bits per heavy atom. The number of hydrogen-bond acceptors (Lipinski definition) is 5. The third kappa shape index (κ3) is 9.52. The number of hydrogen-bond donors (Lipinski definition) is 2. The van der Waals surface area contributed by atoms with E-state index in [9.17, 15) is 14.4 Å². The Morgan fingerprint density at radius 1 is 1.22 bits per heavy atom. The minimum absolute atomic E-state index is 0.0637. The number of carbonyl (C=O) groups is 3. The third-order valence-electron chi connectivity index (χ3n) is 4.65. The molecule has 0 saturated heterocycles. The van der Waals surface area contributed by atoms with Crippen molar-refractivity contribution >= 4 is 17.5 Å². The quantitative estimate of drug-likeness (QED) is 0.453. The molecular weight excluding hydrogens is 344 g/mol. The van der Waals surface area contributed by atoms with E-state index in [-0.39, 0.29) is 30.5 Å². The topological polar surface area (TPSA) is 98.5 Å². The number of Topliss-reactive ketones (excluding diaryl/α,β-unsaturated/α-hetero) is 2. The number of allylic oxidation sites excluding steroid dienone is 4. The van der Waals surface area contributed by atoms with Gasteiger partial charge >= 0.3 is 0 Å². The molecule has 2 atom stereocenters. The summed E-state index contributed by atoms with van der Waals surface area (Å²) in [5.41, 5.74) is 6.38. The summed E-state index contributed by atoms with van der Waals surface area (Å²) in [6.07, 6.45) is 12.7.